The van der Waals surface area contributed by atoms with E-state index in [-0.39, 0.29) is 23.7 Å². The Kier molecular flexibility index (Phi) is 6.12. The Morgan fingerprint density at radius 3 is 2.30 bits per heavy atom. The number of hydrogen-bond acceptors (Lipinski definition) is 6. The van der Waals surface area contributed by atoms with Crippen molar-refractivity contribution in [3.8, 4) is 11.4 Å². The van der Waals surface area contributed by atoms with Gasteiger partial charge in [-0.1, -0.05) is 39.0 Å². The molecule has 0 spiro atoms. The van der Waals surface area contributed by atoms with Gasteiger partial charge in [-0.25, -0.2) is 0 Å². The number of rotatable bonds is 7. The van der Waals surface area contributed by atoms with Gasteiger partial charge in [0, 0.05) is 6.42 Å². The molecule has 1 atom stereocenters. The lowest BCUT2D eigenvalue weighted by atomic mass is 9.81. The van der Waals surface area contributed by atoms with Gasteiger partial charge in [-0.2, -0.15) is 0 Å². The molecule has 0 radical (unpaired) electrons. The van der Waals surface area contributed by atoms with Gasteiger partial charge in [0.25, 0.3) is 0 Å². The number of ether oxygens (including phenoxy) is 1. The van der Waals surface area contributed by atoms with E-state index in [1.54, 1.807) is 13.1 Å². The van der Waals surface area contributed by atoms with E-state index in [0.717, 1.165) is 16.6 Å². The summed E-state index contributed by atoms with van der Waals surface area (Å²) in [6, 6.07) is 12.8. The summed E-state index contributed by atoms with van der Waals surface area (Å²) in [5.41, 5.74) is 2.16. The molecule has 7 nitrogen and oxygen atoms in total. The SMILES string of the molecule is CNC(C)(CC(C)(C)C)C(=O)OCCc1ccc(O)c(-n2nc3ccccc3n2)c1. The minimum atomic E-state index is -0.739. The maximum Gasteiger partial charge on any atom is 0.326 e. The predicted molar refractivity (Wildman–Crippen MR) is 117 cm³/mol. The first-order valence-electron chi connectivity index (χ1n) is 10.1. The molecule has 0 aliphatic carbocycles. The fraction of sp³-hybridized carbons (Fsp3) is 0.435. The summed E-state index contributed by atoms with van der Waals surface area (Å²) < 4.78 is 5.57. The molecule has 0 fully saturated rings. The van der Waals surface area contributed by atoms with Crippen molar-refractivity contribution in [3.05, 3.63) is 48.0 Å². The van der Waals surface area contributed by atoms with Crippen molar-refractivity contribution in [1.29, 1.82) is 0 Å². The van der Waals surface area contributed by atoms with Crippen molar-refractivity contribution in [1.82, 2.24) is 20.3 Å². The summed E-state index contributed by atoms with van der Waals surface area (Å²) in [4.78, 5) is 14.1. The van der Waals surface area contributed by atoms with Crippen LogP contribution in [0.2, 0.25) is 0 Å². The largest absolute Gasteiger partial charge is 0.506 e. The van der Waals surface area contributed by atoms with Crippen molar-refractivity contribution >= 4 is 17.0 Å². The van der Waals surface area contributed by atoms with Crippen LogP contribution in [0.1, 0.15) is 39.7 Å². The summed E-state index contributed by atoms with van der Waals surface area (Å²) in [5.74, 6) is -0.178. The number of hydrogen-bond donors (Lipinski definition) is 2. The summed E-state index contributed by atoms with van der Waals surface area (Å²) in [6.45, 7) is 8.41. The number of carbonyl (C=O) groups excluding carboxylic acids is 1. The number of phenolic OH excluding ortho intramolecular Hbond substituents is 1. The van der Waals surface area contributed by atoms with E-state index in [2.05, 4.69) is 36.3 Å². The molecule has 0 aliphatic heterocycles. The number of carbonyl (C=O) groups is 1. The maximum atomic E-state index is 12.7. The van der Waals surface area contributed by atoms with Crippen molar-refractivity contribution in [2.24, 2.45) is 5.41 Å². The highest BCUT2D eigenvalue weighted by molar-refractivity contribution is 5.80. The minimum absolute atomic E-state index is 0.0110. The molecule has 0 aliphatic rings. The van der Waals surface area contributed by atoms with E-state index in [9.17, 15) is 9.90 Å². The summed E-state index contributed by atoms with van der Waals surface area (Å²) in [5, 5.41) is 22.2. The second kappa shape index (κ2) is 8.44. The Bertz CT molecular complexity index is 1010. The van der Waals surface area contributed by atoms with Gasteiger partial charge in [0.15, 0.2) is 0 Å². The molecule has 1 unspecified atom stereocenters. The molecule has 1 aromatic heterocycles. The Labute approximate surface area is 177 Å². The van der Waals surface area contributed by atoms with Gasteiger partial charge in [0.05, 0.1) is 6.61 Å². The van der Waals surface area contributed by atoms with E-state index in [0.29, 0.717) is 18.5 Å². The molecule has 0 saturated carbocycles. The van der Waals surface area contributed by atoms with Crippen LogP contribution in [0.15, 0.2) is 42.5 Å². The standard InChI is InChI=1S/C23H30N4O3/c1-22(2,3)15-23(4,24-5)21(29)30-13-12-16-10-11-20(28)19(14-16)27-25-17-8-6-7-9-18(17)26-27/h6-11,14,24,28H,12-13,15H2,1-5H3. The third kappa shape index (κ3) is 4.97. The third-order valence-corrected chi connectivity index (χ3v) is 5.05. The van der Waals surface area contributed by atoms with Gasteiger partial charge in [0.2, 0.25) is 0 Å². The molecular formula is C23H30N4O3. The van der Waals surface area contributed by atoms with Crippen molar-refractivity contribution in [2.45, 2.75) is 46.1 Å². The highest BCUT2D eigenvalue weighted by atomic mass is 16.5. The molecule has 0 bridgehead atoms. The molecule has 160 valence electrons. The molecule has 3 rings (SSSR count). The van der Waals surface area contributed by atoms with Crippen LogP contribution in [0.4, 0.5) is 0 Å². The van der Waals surface area contributed by atoms with Crippen LogP contribution in [0.3, 0.4) is 0 Å². The van der Waals surface area contributed by atoms with Crippen molar-refractivity contribution < 1.29 is 14.6 Å². The molecule has 1 heterocycles. The lowest BCUT2D eigenvalue weighted by Crippen LogP contribution is -2.51. The molecule has 0 amide bonds. The van der Waals surface area contributed by atoms with Crippen LogP contribution in [0.5, 0.6) is 5.75 Å². The lowest BCUT2D eigenvalue weighted by molar-refractivity contribution is -0.152. The zero-order chi connectivity index (χ0) is 21.9. The number of nitrogens with one attached hydrogen (secondary N) is 1. The van der Waals surface area contributed by atoms with E-state index >= 15 is 0 Å². The van der Waals surface area contributed by atoms with Crippen LogP contribution in [0, 0.1) is 5.41 Å². The maximum absolute atomic E-state index is 12.7. The van der Waals surface area contributed by atoms with Gasteiger partial charge in [-0.15, -0.1) is 15.0 Å². The molecule has 2 aromatic carbocycles. The average molecular weight is 411 g/mol. The fourth-order valence-electron chi connectivity index (χ4n) is 3.60. The third-order valence-electron chi connectivity index (χ3n) is 5.05. The first-order chi connectivity index (χ1) is 14.1. The highest BCUT2D eigenvalue weighted by Gasteiger charge is 2.37. The number of aromatic nitrogens is 3. The van der Waals surface area contributed by atoms with E-state index < -0.39 is 5.54 Å². The van der Waals surface area contributed by atoms with Crippen molar-refractivity contribution in [3.63, 3.8) is 0 Å². The number of phenols is 1. The Balaban J connectivity index is 1.69. The zero-order valence-corrected chi connectivity index (χ0v) is 18.3. The minimum Gasteiger partial charge on any atom is -0.506 e. The predicted octanol–water partition coefficient (Wildman–Crippen LogP) is 3.63. The number of esters is 1. The van der Waals surface area contributed by atoms with Gasteiger partial charge in [-0.05, 0) is 55.6 Å². The van der Waals surface area contributed by atoms with Gasteiger partial charge in [-0.3, -0.25) is 4.79 Å². The molecule has 0 saturated heterocycles. The van der Waals surface area contributed by atoms with Crippen molar-refractivity contribution in [2.75, 3.05) is 13.7 Å². The van der Waals surface area contributed by atoms with Gasteiger partial charge in [0.1, 0.15) is 28.0 Å². The molecule has 2 N–H and O–H groups in total. The number of benzene rings is 2. The van der Waals surface area contributed by atoms with Crippen LogP contribution in [-0.2, 0) is 16.0 Å². The molecular weight excluding hydrogens is 380 g/mol. The van der Waals surface area contributed by atoms with Crippen LogP contribution in [-0.4, -0.2) is 45.3 Å². The van der Waals surface area contributed by atoms with E-state index in [4.69, 9.17) is 4.74 Å². The number of nitrogens with zero attached hydrogens (tertiary/aromatic N) is 3. The number of likely N-dealkylation sites (N-methyl/N-ethyl adjacent to an activating group) is 1. The lowest BCUT2D eigenvalue weighted by Gasteiger charge is -2.33. The van der Waals surface area contributed by atoms with Gasteiger partial charge >= 0.3 is 5.97 Å². The first-order valence-corrected chi connectivity index (χ1v) is 10.1. The number of fused-ring (bicyclic) bond motifs is 1. The monoisotopic (exact) mass is 410 g/mol. The normalized spacial score (nSPS) is 13.9. The smallest absolute Gasteiger partial charge is 0.326 e. The fourth-order valence-corrected chi connectivity index (χ4v) is 3.60. The Morgan fingerprint density at radius 1 is 1.10 bits per heavy atom. The molecule has 3 aromatic rings. The van der Waals surface area contributed by atoms with E-state index in [1.165, 1.54) is 4.80 Å². The second-order valence-electron chi connectivity index (χ2n) is 9.01. The summed E-state index contributed by atoms with van der Waals surface area (Å²) >= 11 is 0. The van der Waals surface area contributed by atoms with Crippen LogP contribution < -0.4 is 5.32 Å². The molecule has 7 heteroatoms. The van der Waals surface area contributed by atoms with Gasteiger partial charge < -0.3 is 15.2 Å². The molecule has 30 heavy (non-hydrogen) atoms. The first kappa shape index (κ1) is 21.8. The average Bonchev–Trinajstić information content (AvgIpc) is 3.11. The van der Waals surface area contributed by atoms with Crippen LogP contribution >= 0.6 is 0 Å². The highest BCUT2D eigenvalue weighted by Crippen LogP contribution is 2.28. The second-order valence-corrected chi connectivity index (χ2v) is 9.01. The van der Waals surface area contributed by atoms with E-state index in [1.807, 2.05) is 43.3 Å². The Morgan fingerprint density at radius 2 is 1.73 bits per heavy atom. The summed E-state index contributed by atoms with van der Waals surface area (Å²) in [7, 11) is 1.78. The summed E-state index contributed by atoms with van der Waals surface area (Å²) in [6.07, 6.45) is 1.19. The quantitative estimate of drug-likeness (QED) is 0.578. The Hall–Kier alpha value is -2.93. The number of aromatic hydroxyl groups is 1. The van der Waals surface area contributed by atoms with Crippen LogP contribution in [0.25, 0.3) is 16.7 Å². The zero-order valence-electron chi connectivity index (χ0n) is 18.3. The topological polar surface area (TPSA) is 89.3 Å².